The fraction of sp³-hybridized carbons (Fsp3) is 1.00. The molecule has 0 radical (unpaired) electrons. The highest BCUT2D eigenvalue weighted by atomic mass is 16.6. The van der Waals surface area contributed by atoms with Gasteiger partial charge < -0.3 is 19.5 Å². The van der Waals surface area contributed by atoms with Crippen molar-refractivity contribution in [2.75, 3.05) is 40.1 Å². The van der Waals surface area contributed by atoms with Gasteiger partial charge in [0.25, 0.3) is 0 Å². The Morgan fingerprint density at radius 1 is 1.40 bits per heavy atom. The fourth-order valence-electron chi connectivity index (χ4n) is 3.76. The van der Waals surface area contributed by atoms with Crippen LogP contribution in [0.4, 0.5) is 0 Å². The van der Waals surface area contributed by atoms with Crippen LogP contribution in [0.5, 0.6) is 0 Å². The normalized spacial score (nSPS) is 33.5. The van der Waals surface area contributed by atoms with Gasteiger partial charge >= 0.3 is 0 Å². The third kappa shape index (κ3) is 4.17. The van der Waals surface area contributed by atoms with Gasteiger partial charge in [-0.25, -0.2) is 0 Å². The zero-order chi connectivity index (χ0) is 14.4. The number of nitrogens with one attached hydrogen (secondary N) is 1. The number of ether oxygens (including phenoxy) is 3. The minimum Gasteiger partial charge on any atom is -0.384 e. The first-order valence-corrected chi connectivity index (χ1v) is 8.13. The second kappa shape index (κ2) is 7.74. The van der Waals surface area contributed by atoms with Gasteiger partial charge in [-0.1, -0.05) is 13.8 Å². The Morgan fingerprint density at radius 3 is 2.90 bits per heavy atom. The van der Waals surface area contributed by atoms with Crippen LogP contribution in [0.2, 0.25) is 0 Å². The van der Waals surface area contributed by atoms with Crippen molar-refractivity contribution in [3.63, 3.8) is 0 Å². The van der Waals surface area contributed by atoms with Crippen LogP contribution < -0.4 is 5.32 Å². The summed E-state index contributed by atoms with van der Waals surface area (Å²) in [5, 5.41) is 3.70. The first kappa shape index (κ1) is 16.2. The maximum absolute atomic E-state index is 6.06. The topological polar surface area (TPSA) is 39.7 Å². The van der Waals surface area contributed by atoms with Gasteiger partial charge in [-0.2, -0.15) is 0 Å². The van der Waals surface area contributed by atoms with E-state index in [1.54, 1.807) is 7.11 Å². The Labute approximate surface area is 123 Å². The van der Waals surface area contributed by atoms with Crippen molar-refractivity contribution in [2.45, 2.75) is 51.2 Å². The summed E-state index contributed by atoms with van der Waals surface area (Å²) >= 11 is 0. The minimum absolute atomic E-state index is 0.0150. The maximum atomic E-state index is 6.06. The van der Waals surface area contributed by atoms with Crippen molar-refractivity contribution in [1.29, 1.82) is 0 Å². The molecular weight excluding hydrogens is 254 g/mol. The predicted octanol–water partition coefficient (Wildman–Crippen LogP) is 2.22. The van der Waals surface area contributed by atoms with Crippen molar-refractivity contribution in [2.24, 2.45) is 11.8 Å². The average molecular weight is 285 g/mol. The lowest BCUT2D eigenvalue weighted by atomic mass is 9.78. The molecule has 2 fully saturated rings. The Morgan fingerprint density at radius 2 is 2.25 bits per heavy atom. The summed E-state index contributed by atoms with van der Waals surface area (Å²) in [6.45, 7) is 8.89. The molecule has 2 saturated heterocycles. The fourth-order valence-corrected chi connectivity index (χ4v) is 3.76. The SMILES string of the molecule is CCNC(CC(C)COC)C1CCOC2(CCOC2)C1. The molecule has 0 bridgehead atoms. The maximum Gasteiger partial charge on any atom is 0.0939 e. The van der Waals surface area contributed by atoms with E-state index in [9.17, 15) is 0 Å². The molecule has 1 spiro atoms. The van der Waals surface area contributed by atoms with Gasteiger partial charge in [-0.15, -0.1) is 0 Å². The first-order valence-electron chi connectivity index (χ1n) is 8.13. The van der Waals surface area contributed by atoms with E-state index in [0.29, 0.717) is 17.9 Å². The predicted molar refractivity (Wildman–Crippen MR) is 80.0 cm³/mol. The van der Waals surface area contributed by atoms with Gasteiger partial charge in [0.2, 0.25) is 0 Å². The molecule has 0 aromatic heterocycles. The molecule has 4 unspecified atom stereocenters. The van der Waals surface area contributed by atoms with E-state index in [1.807, 2.05) is 0 Å². The summed E-state index contributed by atoms with van der Waals surface area (Å²) in [5.74, 6) is 1.30. The molecule has 0 aliphatic carbocycles. The molecule has 0 aromatic carbocycles. The highest BCUT2D eigenvalue weighted by molar-refractivity contribution is 4.94. The molecule has 2 aliphatic rings. The van der Waals surface area contributed by atoms with Crippen LogP contribution in [0.25, 0.3) is 0 Å². The van der Waals surface area contributed by atoms with E-state index >= 15 is 0 Å². The largest absolute Gasteiger partial charge is 0.384 e. The lowest BCUT2D eigenvalue weighted by Crippen LogP contribution is -2.48. The second-order valence-electron chi connectivity index (χ2n) is 6.55. The second-order valence-corrected chi connectivity index (χ2v) is 6.55. The zero-order valence-corrected chi connectivity index (χ0v) is 13.3. The molecule has 118 valence electrons. The molecule has 0 amide bonds. The average Bonchev–Trinajstić information content (AvgIpc) is 2.86. The summed E-state index contributed by atoms with van der Waals surface area (Å²) in [6.07, 6.45) is 4.56. The quantitative estimate of drug-likeness (QED) is 0.778. The standard InChI is InChI=1S/C16H31NO3/c1-4-17-15(9-13(2)11-18-3)14-5-7-20-16(10-14)6-8-19-12-16/h13-15,17H,4-12H2,1-3H3. The molecule has 2 aliphatic heterocycles. The summed E-state index contributed by atoms with van der Waals surface area (Å²) in [7, 11) is 1.79. The van der Waals surface area contributed by atoms with E-state index in [0.717, 1.165) is 45.8 Å². The molecule has 4 heteroatoms. The summed E-state index contributed by atoms with van der Waals surface area (Å²) in [4.78, 5) is 0. The number of hydrogen-bond donors (Lipinski definition) is 1. The van der Waals surface area contributed by atoms with Crippen LogP contribution in [0, 0.1) is 11.8 Å². The van der Waals surface area contributed by atoms with Crippen LogP contribution >= 0.6 is 0 Å². The smallest absolute Gasteiger partial charge is 0.0939 e. The number of rotatable bonds is 7. The van der Waals surface area contributed by atoms with E-state index in [1.165, 1.54) is 12.8 Å². The molecule has 2 rings (SSSR count). The van der Waals surface area contributed by atoms with Gasteiger partial charge in [0.1, 0.15) is 0 Å². The van der Waals surface area contributed by atoms with Gasteiger partial charge in [-0.05, 0) is 37.6 Å². The van der Waals surface area contributed by atoms with Crippen LogP contribution in [-0.4, -0.2) is 51.7 Å². The lowest BCUT2D eigenvalue weighted by Gasteiger charge is -2.41. The van der Waals surface area contributed by atoms with Gasteiger partial charge in [0, 0.05) is 39.4 Å². The zero-order valence-electron chi connectivity index (χ0n) is 13.3. The number of hydrogen-bond acceptors (Lipinski definition) is 4. The lowest BCUT2D eigenvalue weighted by molar-refractivity contribution is -0.104. The summed E-state index contributed by atoms with van der Waals surface area (Å²) in [5.41, 5.74) is 0.0150. The van der Waals surface area contributed by atoms with Gasteiger partial charge in [-0.3, -0.25) is 0 Å². The third-order valence-corrected chi connectivity index (χ3v) is 4.74. The van der Waals surface area contributed by atoms with E-state index in [-0.39, 0.29) is 5.60 Å². The van der Waals surface area contributed by atoms with E-state index in [2.05, 4.69) is 19.2 Å². The Hall–Kier alpha value is -0.160. The molecule has 0 saturated carbocycles. The summed E-state index contributed by atoms with van der Waals surface area (Å²) < 4.78 is 16.9. The minimum atomic E-state index is 0.0150. The van der Waals surface area contributed by atoms with Crippen molar-refractivity contribution in [1.82, 2.24) is 5.32 Å². The van der Waals surface area contributed by atoms with Gasteiger partial charge in [0.15, 0.2) is 0 Å². The van der Waals surface area contributed by atoms with Crippen molar-refractivity contribution >= 4 is 0 Å². The van der Waals surface area contributed by atoms with Crippen LogP contribution in [0.1, 0.15) is 39.5 Å². The highest BCUT2D eigenvalue weighted by Gasteiger charge is 2.42. The van der Waals surface area contributed by atoms with Gasteiger partial charge in [0.05, 0.1) is 12.2 Å². The van der Waals surface area contributed by atoms with Crippen LogP contribution in [0.3, 0.4) is 0 Å². The van der Waals surface area contributed by atoms with Crippen LogP contribution in [-0.2, 0) is 14.2 Å². The Bertz CT molecular complexity index is 279. The Kier molecular flexibility index (Phi) is 6.27. The molecular formula is C16H31NO3. The van der Waals surface area contributed by atoms with E-state index in [4.69, 9.17) is 14.2 Å². The van der Waals surface area contributed by atoms with Crippen molar-refractivity contribution in [3.05, 3.63) is 0 Å². The monoisotopic (exact) mass is 285 g/mol. The highest BCUT2D eigenvalue weighted by Crippen LogP contribution is 2.38. The van der Waals surface area contributed by atoms with E-state index < -0.39 is 0 Å². The molecule has 0 aromatic rings. The first-order chi connectivity index (χ1) is 9.69. The molecule has 4 nitrogen and oxygen atoms in total. The molecule has 1 N–H and O–H groups in total. The van der Waals surface area contributed by atoms with Crippen LogP contribution in [0.15, 0.2) is 0 Å². The third-order valence-electron chi connectivity index (χ3n) is 4.74. The summed E-state index contributed by atoms with van der Waals surface area (Å²) in [6, 6.07) is 0.575. The van der Waals surface area contributed by atoms with Crippen molar-refractivity contribution in [3.8, 4) is 0 Å². The molecule has 4 atom stereocenters. The molecule has 20 heavy (non-hydrogen) atoms. The Balaban J connectivity index is 1.93. The molecule has 2 heterocycles. The van der Waals surface area contributed by atoms with Crippen molar-refractivity contribution < 1.29 is 14.2 Å². The number of methoxy groups -OCH3 is 1.